The minimum Gasteiger partial charge on any atom is -0.394 e. The lowest BCUT2D eigenvalue weighted by Crippen LogP contribution is -2.54. The van der Waals surface area contributed by atoms with E-state index in [1.165, 1.54) is 4.90 Å². The second-order valence-corrected chi connectivity index (χ2v) is 7.25. The lowest BCUT2D eigenvalue weighted by Gasteiger charge is -2.34. The van der Waals surface area contributed by atoms with Gasteiger partial charge in [0, 0.05) is 32.9 Å². The van der Waals surface area contributed by atoms with Gasteiger partial charge in [-0.2, -0.15) is 0 Å². The minimum atomic E-state index is -1.42. The van der Waals surface area contributed by atoms with Gasteiger partial charge in [-0.25, -0.2) is 0 Å². The molecule has 0 spiro atoms. The highest BCUT2D eigenvalue weighted by molar-refractivity contribution is 5.82. The molecule has 5 atom stereocenters. The van der Waals surface area contributed by atoms with Crippen molar-refractivity contribution in [1.82, 2.24) is 10.2 Å². The third-order valence-electron chi connectivity index (χ3n) is 5.08. The Hall–Kier alpha value is -0.810. The predicted molar refractivity (Wildman–Crippen MR) is 97.1 cm³/mol. The van der Waals surface area contributed by atoms with Crippen molar-refractivity contribution >= 4 is 5.91 Å². The summed E-state index contributed by atoms with van der Waals surface area (Å²) in [4.78, 5) is 14.3. The quantitative estimate of drug-likeness (QED) is 0.383. The Morgan fingerprint density at radius 3 is 2.59 bits per heavy atom. The van der Waals surface area contributed by atoms with Gasteiger partial charge in [-0.1, -0.05) is 0 Å². The van der Waals surface area contributed by atoms with E-state index >= 15 is 0 Å². The van der Waals surface area contributed by atoms with Gasteiger partial charge in [0.1, 0.15) is 24.4 Å². The van der Waals surface area contributed by atoms with E-state index in [0.717, 1.165) is 25.8 Å². The molecule has 0 aromatic carbocycles. The van der Waals surface area contributed by atoms with Crippen LogP contribution in [0.3, 0.4) is 0 Å². The van der Waals surface area contributed by atoms with Gasteiger partial charge >= 0.3 is 0 Å². The van der Waals surface area contributed by atoms with E-state index in [9.17, 15) is 25.2 Å². The standard InChI is InChI=1S/C18H34N2O7/c21-12-15(23)17-16(24)14(22)11-20(18(25)13-5-3-6-19-13)7-4-9-26-8-1-2-10-27-17/h13-17,19,21-24H,1-12H2/t13-,14-,15-,16-,17-/m1/s1. The summed E-state index contributed by atoms with van der Waals surface area (Å²) in [6, 6.07) is -0.274. The fourth-order valence-corrected chi connectivity index (χ4v) is 3.49. The van der Waals surface area contributed by atoms with Crippen LogP contribution >= 0.6 is 0 Å². The first-order chi connectivity index (χ1) is 13.0. The number of amides is 1. The van der Waals surface area contributed by atoms with Gasteiger partial charge in [0.25, 0.3) is 0 Å². The molecular formula is C18H34N2O7. The number of nitrogens with zero attached hydrogens (tertiary/aromatic N) is 1. The van der Waals surface area contributed by atoms with Crippen LogP contribution in [0.2, 0.25) is 0 Å². The van der Waals surface area contributed by atoms with Gasteiger partial charge in [-0.05, 0) is 38.6 Å². The molecule has 0 bridgehead atoms. The molecule has 0 radical (unpaired) electrons. The Balaban J connectivity index is 2.07. The molecule has 0 aliphatic carbocycles. The smallest absolute Gasteiger partial charge is 0.239 e. The SMILES string of the molecule is O=C([C@H]1CCCN1)N1CCCOCCCCO[C@H]([C@H](O)CO)[C@H](O)[C@H](O)C1. The van der Waals surface area contributed by atoms with E-state index in [2.05, 4.69) is 5.32 Å². The van der Waals surface area contributed by atoms with E-state index in [1.54, 1.807) is 0 Å². The summed E-state index contributed by atoms with van der Waals surface area (Å²) in [5.74, 6) is -0.106. The van der Waals surface area contributed by atoms with Gasteiger partial charge in [0.2, 0.25) is 5.91 Å². The molecule has 9 nitrogen and oxygen atoms in total. The number of nitrogens with one attached hydrogen (secondary N) is 1. The van der Waals surface area contributed by atoms with Crippen LogP contribution in [0.4, 0.5) is 0 Å². The maximum atomic E-state index is 12.8. The van der Waals surface area contributed by atoms with Crippen molar-refractivity contribution in [2.75, 3.05) is 46.1 Å². The van der Waals surface area contributed by atoms with Crippen LogP contribution < -0.4 is 5.32 Å². The lowest BCUT2D eigenvalue weighted by atomic mass is 10.0. The molecule has 0 saturated carbocycles. The Bertz CT molecular complexity index is 434. The summed E-state index contributed by atoms with van der Waals surface area (Å²) in [7, 11) is 0. The monoisotopic (exact) mass is 390 g/mol. The molecule has 158 valence electrons. The van der Waals surface area contributed by atoms with Crippen LogP contribution in [0.1, 0.15) is 32.1 Å². The zero-order chi connectivity index (χ0) is 19.6. The molecule has 27 heavy (non-hydrogen) atoms. The first-order valence-corrected chi connectivity index (χ1v) is 9.91. The normalized spacial score (nSPS) is 33.4. The molecule has 5 N–H and O–H groups in total. The highest BCUT2D eigenvalue weighted by Crippen LogP contribution is 2.15. The molecule has 9 heteroatoms. The Labute approximate surface area is 160 Å². The number of rotatable bonds is 3. The minimum absolute atomic E-state index is 0.0732. The van der Waals surface area contributed by atoms with Crippen LogP contribution in [-0.4, -0.2) is 108 Å². The van der Waals surface area contributed by atoms with E-state index in [4.69, 9.17) is 9.47 Å². The highest BCUT2D eigenvalue weighted by Gasteiger charge is 2.35. The molecule has 2 rings (SSSR count). The predicted octanol–water partition coefficient (Wildman–Crippen LogP) is -1.77. The number of hydrogen-bond donors (Lipinski definition) is 5. The molecule has 0 aromatic heterocycles. The summed E-state index contributed by atoms with van der Waals surface area (Å²) in [5.41, 5.74) is 0. The zero-order valence-electron chi connectivity index (χ0n) is 15.8. The van der Waals surface area contributed by atoms with Gasteiger partial charge in [-0.15, -0.1) is 0 Å². The Morgan fingerprint density at radius 1 is 1.15 bits per heavy atom. The average molecular weight is 390 g/mol. The number of carbonyl (C=O) groups excluding carboxylic acids is 1. The molecule has 0 aromatic rings. The van der Waals surface area contributed by atoms with Crippen molar-refractivity contribution in [3.05, 3.63) is 0 Å². The largest absolute Gasteiger partial charge is 0.394 e. The maximum absolute atomic E-state index is 12.8. The number of aliphatic hydroxyl groups is 4. The molecule has 2 aliphatic rings. The molecule has 1 amide bonds. The average Bonchev–Trinajstić information content (AvgIpc) is 3.21. The van der Waals surface area contributed by atoms with E-state index in [0.29, 0.717) is 32.6 Å². The molecule has 2 aliphatic heterocycles. The zero-order valence-corrected chi connectivity index (χ0v) is 15.8. The molecular weight excluding hydrogens is 356 g/mol. The molecule has 0 unspecified atom stereocenters. The number of β-amino-alcohol motifs (C(OH)–C–C–N with tert-alkyl or cyclic N) is 1. The molecule has 2 fully saturated rings. The number of aliphatic hydroxyl groups excluding tert-OH is 4. The summed E-state index contributed by atoms with van der Waals surface area (Å²) >= 11 is 0. The fraction of sp³-hybridized carbons (Fsp3) is 0.944. The first kappa shape index (κ1) is 22.5. The van der Waals surface area contributed by atoms with E-state index < -0.39 is 31.0 Å². The van der Waals surface area contributed by atoms with Crippen molar-refractivity contribution in [2.24, 2.45) is 0 Å². The van der Waals surface area contributed by atoms with Crippen molar-refractivity contribution in [2.45, 2.75) is 62.6 Å². The van der Waals surface area contributed by atoms with Crippen LogP contribution in [0.25, 0.3) is 0 Å². The third-order valence-corrected chi connectivity index (χ3v) is 5.08. The van der Waals surface area contributed by atoms with Crippen LogP contribution in [0.15, 0.2) is 0 Å². The van der Waals surface area contributed by atoms with Crippen molar-refractivity contribution in [3.63, 3.8) is 0 Å². The van der Waals surface area contributed by atoms with Crippen LogP contribution in [0, 0.1) is 0 Å². The maximum Gasteiger partial charge on any atom is 0.239 e. The Kier molecular flexibility index (Phi) is 9.91. The molecule has 2 heterocycles. The second-order valence-electron chi connectivity index (χ2n) is 7.25. The van der Waals surface area contributed by atoms with Gasteiger partial charge < -0.3 is 40.1 Å². The van der Waals surface area contributed by atoms with Crippen LogP contribution in [0.5, 0.6) is 0 Å². The summed E-state index contributed by atoms with van der Waals surface area (Å²) < 4.78 is 11.1. The van der Waals surface area contributed by atoms with Crippen molar-refractivity contribution in [3.8, 4) is 0 Å². The van der Waals surface area contributed by atoms with Gasteiger partial charge in [-0.3, -0.25) is 4.79 Å². The third kappa shape index (κ3) is 6.94. The number of carbonyl (C=O) groups is 1. The van der Waals surface area contributed by atoms with Gasteiger partial charge in [0.15, 0.2) is 0 Å². The second kappa shape index (κ2) is 11.9. The fourth-order valence-electron chi connectivity index (χ4n) is 3.49. The van der Waals surface area contributed by atoms with Crippen molar-refractivity contribution in [1.29, 1.82) is 0 Å². The Morgan fingerprint density at radius 2 is 1.89 bits per heavy atom. The van der Waals surface area contributed by atoms with Gasteiger partial charge in [0.05, 0.1) is 12.6 Å². The highest BCUT2D eigenvalue weighted by atomic mass is 16.5. The van der Waals surface area contributed by atoms with Crippen LogP contribution in [-0.2, 0) is 14.3 Å². The van der Waals surface area contributed by atoms with E-state index in [1.807, 2.05) is 0 Å². The van der Waals surface area contributed by atoms with Crippen molar-refractivity contribution < 1.29 is 34.7 Å². The molecule has 2 saturated heterocycles. The van der Waals surface area contributed by atoms with E-state index in [-0.39, 0.29) is 25.1 Å². The lowest BCUT2D eigenvalue weighted by molar-refractivity contribution is -0.152. The number of hydrogen-bond acceptors (Lipinski definition) is 8. The summed E-state index contributed by atoms with van der Waals surface area (Å²) in [6.07, 6.45) is -1.42. The number of ether oxygens (including phenoxy) is 2. The summed E-state index contributed by atoms with van der Waals surface area (Å²) in [6.45, 7) is 1.89. The summed E-state index contributed by atoms with van der Waals surface area (Å²) in [5, 5.41) is 43.3. The topological polar surface area (TPSA) is 132 Å². The first-order valence-electron chi connectivity index (χ1n) is 9.91.